The largest absolute Gasteiger partial charge is 0.465 e. The molecule has 2 aromatic heterocycles. The Kier molecular flexibility index (Phi) is 4.23. The molecule has 7 nitrogen and oxygen atoms in total. The number of anilines is 1. The monoisotopic (exact) mass is 322 g/mol. The highest BCUT2D eigenvalue weighted by Gasteiger charge is 2.22. The van der Waals surface area contributed by atoms with Crippen molar-refractivity contribution in [3.63, 3.8) is 0 Å². The second-order valence-electron chi connectivity index (χ2n) is 5.18. The smallest absolute Gasteiger partial charge is 0.350 e. The first-order valence-corrected chi connectivity index (χ1v) is 7.86. The van der Waals surface area contributed by atoms with Crippen LogP contribution in [0.4, 0.5) is 5.69 Å². The molecule has 0 atom stereocenters. The number of rotatable bonds is 3. The lowest BCUT2D eigenvalue weighted by atomic mass is 10.1. The minimum atomic E-state index is -0.436. The summed E-state index contributed by atoms with van der Waals surface area (Å²) >= 11 is 1.22. The van der Waals surface area contributed by atoms with Gasteiger partial charge in [0.15, 0.2) is 0 Å². The molecule has 0 bridgehead atoms. The lowest BCUT2D eigenvalue weighted by Crippen LogP contribution is -2.36. The molecule has 1 aliphatic heterocycles. The Labute approximate surface area is 132 Å². The van der Waals surface area contributed by atoms with E-state index >= 15 is 0 Å². The Morgan fingerprint density at radius 2 is 2.14 bits per heavy atom. The van der Waals surface area contributed by atoms with Gasteiger partial charge < -0.3 is 15.2 Å². The predicted molar refractivity (Wildman–Crippen MR) is 84.0 cm³/mol. The second-order valence-corrected chi connectivity index (χ2v) is 6.18. The SMILES string of the molecule is COC(=O)c1sc2nnc(CN3CCOCC3)c(C)c2c1N. The Hall–Kier alpha value is -1.77. The molecule has 0 saturated carbocycles. The number of carbonyl (C=O) groups excluding carboxylic acids is 1. The molecule has 22 heavy (non-hydrogen) atoms. The molecule has 2 aromatic rings. The molecule has 1 fully saturated rings. The maximum absolute atomic E-state index is 11.8. The highest BCUT2D eigenvalue weighted by atomic mass is 32.1. The molecular weight excluding hydrogens is 304 g/mol. The lowest BCUT2D eigenvalue weighted by molar-refractivity contribution is 0.0335. The van der Waals surface area contributed by atoms with Gasteiger partial charge in [0.25, 0.3) is 0 Å². The zero-order valence-corrected chi connectivity index (χ0v) is 13.4. The van der Waals surface area contributed by atoms with Gasteiger partial charge in [0.1, 0.15) is 9.71 Å². The van der Waals surface area contributed by atoms with Crippen LogP contribution < -0.4 is 5.73 Å². The summed E-state index contributed by atoms with van der Waals surface area (Å²) in [6, 6.07) is 0. The van der Waals surface area contributed by atoms with Gasteiger partial charge in [0, 0.05) is 25.0 Å². The summed E-state index contributed by atoms with van der Waals surface area (Å²) < 4.78 is 10.1. The number of aryl methyl sites for hydroxylation is 1. The number of fused-ring (bicyclic) bond motifs is 1. The number of hydrogen-bond acceptors (Lipinski definition) is 8. The molecule has 1 saturated heterocycles. The van der Waals surface area contributed by atoms with Crippen molar-refractivity contribution in [3.8, 4) is 0 Å². The van der Waals surface area contributed by atoms with Crippen molar-refractivity contribution >= 4 is 33.2 Å². The van der Waals surface area contributed by atoms with Crippen molar-refractivity contribution in [2.24, 2.45) is 0 Å². The van der Waals surface area contributed by atoms with Gasteiger partial charge in [-0.1, -0.05) is 0 Å². The van der Waals surface area contributed by atoms with Gasteiger partial charge in [0.05, 0.1) is 31.7 Å². The maximum atomic E-state index is 11.8. The maximum Gasteiger partial charge on any atom is 0.350 e. The summed E-state index contributed by atoms with van der Waals surface area (Å²) in [6.07, 6.45) is 0. The van der Waals surface area contributed by atoms with Crippen LogP contribution in [0.2, 0.25) is 0 Å². The first-order valence-electron chi connectivity index (χ1n) is 7.04. The summed E-state index contributed by atoms with van der Waals surface area (Å²) in [5.74, 6) is -0.436. The number of nitrogens with two attached hydrogens (primary N) is 1. The number of hydrogen-bond donors (Lipinski definition) is 1. The van der Waals surface area contributed by atoms with Gasteiger partial charge in [-0.2, -0.15) is 5.10 Å². The summed E-state index contributed by atoms with van der Waals surface area (Å²) in [7, 11) is 1.34. The van der Waals surface area contributed by atoms with Crippen LogP contribution in [0, 0.1) is 6.92 Å². The van der Waals surface area contributed by atoms with E-state index in [2.05, 4.69) is 15.1 Å². The zero-order chi connectivity index (χ0) is 15.7. The molecular formula is C14H18N4O3S. The van der Waals surface area contributed by atoms with Crippen molar-refractivity contribution in [2.75, 3.05) is 39.1 Å². The average molecular weight is 322 g/mol. The third kappa shape index (κ3) is 2.65. The van der Waals surface area contributed by atoms with Crippen LogP contribution in [0.25, 0.3) is 10.2 Å². The Balaban J connectivity index is 1.97. The first-order chi connectivity index (χ1) is 10.6. The normalized spacial score (nSPS) is 16.1. The van der Waals surface area contributed by atoms with Gasteiger partial charge in [-0.15, -0.1) is 16.4 Å². The molecule has 118 valence electrons. The van der Waals surface area contributed by atoms with E-state index in [1.165, 1.54) is 18.4 Å². The van der Waals surface area contributed by atoms with E-state index in [1.807, 2.05) is 6.92 Å². The van der Waals surface area contributed by atoms with E-state index in [9.17, 15) is 4.79 Å². The molecule has 0 amide bonds. The van der Waals surface area contributed by atoms with E-state index in [0.29, 0.717) is 21.9 Å². The minimum absolute atomic E-state index is 0.387. The van der Waals surface area contributed by atoms with Crippen LogP contribution >= 0.6 is 11.3 Å². The summed E-state index contributed by atoms with van der Waals surface area (Å²) in [5, 5.41) is 9.35. The van der Waals surface area contributed by atoms with Gasteiger partial charge in [0.2, 0.25) is 0 Å². The summed E-state index contributed by atoms with van der Waals surface area (Å²) in [5.41, 5.74) is 8.42. The van der Waals surface area contributed by atoms with Crippen LogP contribution in [0.5, 0.6) is 0 Å². The quantitative estimate of drug-likeness (QED) is 0.849. The highest BCUT2D eigenvalue weighted by molar-refractivity contribution is 7.21. The number of nitrogen functional groups attached to an aromatic ring is 1. The molecule has 0 spiro atoms. The molecule has 0 aliphatic carbocycles. The molecule has 2 N–H and O–H groups in total. The lowest BCUT2D eigenvalue weighted by Gasteiger charge is -2.26. The van der Waals surface area contributed by atoms with Crippen molar-refractivity contribution in [2.45, 2.75) is 13.5 Å². The van der Waals surface area contributed by atoms with Crippen LogP contribution in [0.1, 0.15) is 20.9 Å². The molecule has 3 heterocycles. The Morgan fingerprint density at radius 3 is 2.82 bits per heavy atom. The highest BCUT2D eigenvalue weighted by Crippen LogP contribution is 2.35. The van der Waals surface area contributed by atoms with Crippen molar-refractivity contribution in [1.29, 1.82) is 0 Å². The Morgan fingerprint density at radius 1 is 1.41 bits per heavy atom. The van der Waals surface area contributed by atoms with E-state index in [4.69, 9.17) is 15.2 Å². The van der Waals surface area contributed by atoms with Crippen molar-refractivity contribution in [3.05, 3.63) is 16.1 Å². The van der Waals surface area contributed by atoms with E-state index < -0.39 is 5.97 Å². The number of esters is 1. The van der Waals surface area contributed by atoms with Crippen LogP contribution in [-0.2, 0) is 16.0 Å². The van der Waals surface area contributed by atoms with Gasteiger partial charge in [-0.3, -0.25) is 4.90 Å². The fourth-order valence-electron chi connectivity index (χ4n) is 2.55. The number of aromatic nitrogens is 2. The van der Waals surface area contributed by atoms with Crippen molar-refractivity contribution < 1.29 is 14.3 Å². The van der Waals surface area contributed by atoms with E-state index in [-0.39, 0.29) is 0 Å². The first kappa shape index (κ1) is 15.1. The topological polar surface area (TPSA) is 90.6 Å². The molecule has 1 aliphatic rings. The molecule has 0 aromatic carbocycles. The molecule has 0 radical (unpaired) electrons. The van der Waals surface area contributed by atoms with Gasteiger partial charge in [-0.05, 0) is 12.5 Å². The summed E-state index contributed by atoms with van der Waals surface area (Å²) in [6.45, 7) is 5.92. The van der Waals surface area contributed by atoms with E-state index in [1.54, 1.807) is 0 Å². The molecule has 8 heteroatoms. The zero-order valence-electron chi connectivity index (χ0n) is 12.6. The number of nitrogens with zero attached hydrogens (tertiary/aromatic N) is 3. The minimum Gasteiger partial charge on any atom is -0.465 e. The number of ether oxygens (including phenoxy) is 2. The van der Waals surface area contributed by atoms with Crippen LogP contribution in [0.15, 0.2) is 0 Å². The Bertz CT molecular complexity index is 710. The van der Waals surface area contributed by atoms with Crippen LogP contribution in [0.3, 0.4) is 0 Å². The van der Waals surface area contributed by atoms with E-state index in [0.717, 1.165) is 42.9 Å². The molecule has 0 unspecified atom stereocenters. The standard InChI is InChI=1S/C14H18N4O3S/c1-8-9(7-18-3-5-21-6-4-18)16-17-13-10(8)11(15)12(22-13)14(19)20-2/h3-7,15H2,1-2H3. The molecule has 3 rings (SSSR count). The number of morpholine rings is 1. The van der Waals surface area contributed by atoms with Crippen LogP contribution in [-0.4, -0.2) is 54.5 Å². The summed E-state index contributed by atoms with van der Waals surface area (Å²) in [4.78, 5) is 15.1. The van der Waals surface area contributed by atoms with Gasteiger partial charge >= 0.3 is 5.97 Å². The average Bonchev–Trinajstić information content (AvgIpc) is 2.88. The second kappa shape index (κ2) is 6.15. The third-order valence-corrected chi connectivity index (χ3v) is 4.91. The number of methoxy groups -OCH3 is 1. The number of carbonyl (C=O) groups is 1. The number of thiophene rings is 1. The predicted octanol–water partition coefficient (Wildman–Crippen LogP) is 1.20. The fourth-order valence-corrected chi connectivity index (χ4v) is 3.57. The van der Waals surface area contributed by atoms with Crippen molar-refractivity contribution in [1.82, 2.24) is 15.1 Å². The third-order valence-electron chi connectivity index (χ3n) is 3.84. The van der Waals surface area contributed by atoms with Gasteiger partial charge in [-0.25, -0.2) is 4.79 Å². The fraction of sp³-hybridized carbons (Fsp3) is 0.500.